The first-order chi connectivity index (χ1) is 22.5. The average molecular weight is 673 g/mol. The molecule has 0 spiro atoms. The van der Waals surface area contributed by atoms with Gasteiger partial charge in [0.05, 0.1) is 36.0 Å². The number of aromatic nitrogens is 4. The molecule has 244 valence electrons. The smallest absolute Gasteiger partial charge is 0.267 e. The molecule has 1 fully saturated rings. The second-order valence-corrected chi connectivity index (χ2v) is 13.9. The van der Waals surface area contributed by atoms with Gasteiger partial charge in [-0.3, -0.25) is 14.3 Å². The van der Waals surface area contributed by atoms with Crippen LogP contribution in [-0.2, 0) is 13.1 Å². The number of benzene rings is 2. The number of phenols is 2. The molecule has 0 radical (unpaired) electrons. The van der Waals surface area contributed by atoms with E-state index in [1.807, 2.05) is 30.8 Å². The van der Waals surface area contributed by atoms with Gasteiger partial charge in [-0.2, -0.15) is 5.10 Å². The van der Waals surface area contributed by atoms with Crippen LogP contribution in [0.3, 0.4) is 0 Å². The Morgan fingerprint density at radius 1 is 0.809 bits per heavy atom. The summed E-state index contributed by atoms with van der Waals surface area (Å²) in [5.74, 6) is 0.743. The van der Waals surface area contributed by atoms with Gasteiger partial charge >= 0.3 is 0 Å². The van der Waals surface area contributed by atoms with Crippen molar-refractivity contribution in [3.05, 3.63) is 86.6 Å². The number of aryl methyl sites for hydroxylation is 2. The number of hydrogen-bond donors (Lipinski definition) is 6. The van der Waals surface area contributed by atoms with Gasteiger partial charge in [0.1, 0.15) is 21.3 Å². The predicted molar refractivity (Wildman–Crippen MR) is 185 cm³/mol. The minimum Gasteiger partial charge on any atom is -0.508 e. The first kappa shape index (κ1) is 32.0. The summed E-state index contributed by atoms with van der Waals surface area (Å²) in [7, 11) is 0. The van der Waals surface area contributed by atoms with E-state index >= 15 is 0 Å². The lowest BCUT2D eigenvalue weighted by Gasteiger charge is -2.11. The summed E-state index contributed by atoms with van der Waals surface area (Å²) in [5, 5.41) is 38.4. The number of thiazole rings is 2. The number of carbonyl (C=O) groups is 2. The summed E-state index contributed by atoms with van der Waals surface area (Å²) in [6.07, 6.45) is 6.16. The van der Waals surface area contributed by atoms with E-state index in [0.29, 0.717) is 60.9 Å². The molecule has 0 bridgehead atoms. The molecule has 5 aromatic rings. The normalized spacial score (nSPS) is 15.3. The third kappa shape index (κ3) is 7.39. The Bertz CT molecular complexity index is 1950. The van der Waals surface area contributed by atoms with Gasteiger partial charge in [-0.05, 0) is 75.3 Å². The van der Waals surface area contributed by atoms with E-state index in [2.05, 4.69) is 31.2 Å². The van der Waals surface area contributed by atoms with Gasteiger partial charge in [0.2, 0.25) is 0 Å². The van der Waals surface area contributed by atoms with Crippen LogP contribution in [-0.4, -0.2) is 48.3 Å². The van der Waals surface area contributed by atoms with Crippen LogP contribution < -0.4 is 21.3 Å². The molecule has 14 heteroatoms. The summed E-state index contributed by atoms with van der Waals surface area (Å²) in [5.41, 5.74) is 5.10. The van der Waals surface area contributed by atoms with Crippen LogP contribution in [0.5, 0.6) is 11.5 Å². The number of nitrogens with one attached hydrogen (secondary N) is 4. The van der Waals surface area contributed by atoms with Gasteiger partial charge in [0, 0.05) is 30.4 Å². The van der Waals surface area contributed by atoms with Crippen LogP contribution >= 0.6 is 22.7 Å². The summed E-state index contributed by atoms with van der Waals surface area (Å²) in [4.78, 5) is 35.3. The molecule has 0 aliphatic heterocycles. The predicted octanol–water partition coefficient (Wildman–Crippen LogP) is 6.31. The maximum Gasteiger partial charge on any atom is 0.267 e. The van der Waals surface area contributed by atoms with Crippen molar-refractivity contribution >= 4 is 56.1 Å². The number of rotatable bonds is 12. The first-order valence-electron chi connectivity index (χ1n) is 15.2. The zero-order chi connectivity index (χ0) is 33.2. The Balaban J connectivity index is 0.935. The standard InChI is InChI=1S/C33H36N8O4S2/c1-17-5-7-24(42)19(3)28(17)38-30(44)26-14-36-32(46-26)34-12-21-11-22(21)16-41-10-9-23(40-41)13-35-33-37-15-27(47-33)31(45)39-29-18(2)6-8-25(43)20(29)4/h5-10,14-15,21-22,42-43H,11-13,16H2,1-4H3,(H,34,36)(H,35,37)(H,38,44)(H,39,45). The van der Waals surface area contributed by atoms with E-state index in [1.54, 1.807) is 44.3 Å². The number of phenolic OH excluding ortho intramolecular Hbond substituents is 2. The molecule has 2 unspecified atom stereocenters. The summed E-state index contributed by atoms with van der Waals surface area (Å²) in [6.45, 7) is 9.37. The molecule has 6 rings (SSSR count). The van der Waals surface area contributed by atoms with Crippen molar-refractivity contribution in [1.29, 1.82) is 0 Å². The van der Waals surface area contributed by atoms with Crippen molar-refractivity contribution in [3.8, 4) is 11.5 Å². The van der Waals surface area contributed by atoms with Crippen molar-refractivity contribution in [2.75, 3.05) is 27.8 Å². The van der Waals surface area contributed by atoms with Gasteiger partial charge in [-0.15, -0.1) is 0 Å². The van der Waals surface area contributed by atoms with Crippen molar-refractivity contribution in [1.82, 2.24) is 19.7 Å². The Kier molecular flexibility index (Phi) is 9.14. The van der Waals surface area contributed by atoms with Gasteiger partial charge in [-0.25, -0.2) is 9.97 Å². The molecule has 2 aromatic carbocycles. The first-order valence-corrected chi connectivity index (χ1v) is 16.8. The molecule has 12 nitrogen and oxygen atoms in total. The van der Waals surface area contributed by atoms with Crippen LogP contribution in [0.15, 0.2) is 48.9 Å². The van der Waals surface area contributed by atoms with Gasteiger partial charge < -0.3 is 31.5 Å². The molecular formula is C33H36N8O4S2. The van der Waals surface area contributed by atoms with Crippen molar-refractivity contribution in [2.24, 2.45) is 11.8 Å². The van der Waals surface area contributed by atoms with Gasteiger partial charge in [0.15, 0.2) is 10.3 Å². The third-order valence-corrected chi connectivity index (χ3v) is 10.3. The van der Waals surface area contributed by atoms with E-state index in [-0.39, 0.29) is 23.3 Å². The number of amides is 2. The molecule has 0 saturated heterocycles. The topological polar surface area (TPSA) is 166 Å². The molecule has 1 aliphatic rings. The lowest BCUT2D eigenvalue weighted by Crippen LogP contribution is -2.12. The van der Waals surface area contributed by atoms with Crippen LogP contribution in [0, 0.1) is 39.5 Å². The molecule has 47 heavy (non-hydrogen) atoms. The monoisotopic (exact) mass is 672 g/mol. The van der Waals surface area contributed by atoms with Gasteiger partial charge in [-0.1, -0.05) is 34.8 Å². The maximum absolute atomic E-state index is 12.8. The fourth-order valence-electron chi connectivity index (χ4n) is 5.34. The van der Waals surface area contributed by atoms with Crippen LogP contribution in [0.1, 0.15) is 53.7 Å². The fourth-order valence-corrected chi connectivity index (χ4v) is 6.76. The average Bonchev–Trinajstić information content (AvgIpc) is 3.46. The summed E-state index contributed by atoms with van der Waals surface area (Å²) in [6, 6.07) is 8.74. The molecule has 2 atom stereocenters. The van der Waals surface area contributed by atoms with E-state index < -0.39 is 0 Å². The number of carbonyl (C=O) groups excluding carboxylic acids is 2. The lowest BCUT2D eigenvalue weighted by molar-refractivity contribution is 0.102. The van der Waals surface area contributed by atoms with Crippen LogP contribution in [0.25, 0.3) is 0 Å². The second-order valence-electron chi connectivity index (χ2n) is 11.8. The van der Waals surface area contributed by atoms with E-state index in [9.17, 15) is 19.8 Å². The van der Waals surface area contributed by atoms with E-state index in [0.717, 1.165) is 36.3 Å². The second kappa shape index (κ2) is 13.4. The summed E-state index contributed by atoms with van der Waals surface area (Å²) < 4.78 is 1.96. The molecular weight excluding hydrogens is 637 g/mol. The maximum atomic E-state index is 12.8. The highest BCUT2D eigenvalue weighted by Gasteiger charge is 2.37. The molecule has 3 aromatic heterocycles. The minimum absolute atomic E-state index is 0.135. The van der Waals surface area contributed by atoms with Crippen LogP contribution in [0.4, 0.5) is 21.6 Å². The highest BCUT2D eigenvalue weighted by atomic mass is 32.1. The number of nitrogens with zero attached hydrogens (tertiary/aromatic N) is 4. The lowest BCUT2D eigenvalue weighted by atomic mass is 10.1. The van der Waals surface area contributed by atoms with E-state index in [1.165, 1.54) is 28.9 Å². The minimum atomic E-state index is -0.277. The third-order valence-electron chi connectivity index (χ3n) is 8.35. The Morgan fingerprint density at radius 2 is 1.36 bits per heavy atom. The number of aromatic hydroxyl groups is 2. The fraction of sp³-hybridized carbons (Fsp3) is 0.303. The highest BCUT2D eigenvalue weighted by Crippen LogP contribution is 2.40. The zero-order valence-electron chi connectivity index (χ0n) is 26.4. The Morgan fingerprint density at radius 3 is 1.94 bits per heavy atom. The molecule has 2 amide bonds. The van der Waals surface area contributed by atoms with Crippen molar-refractivity contribution in [3.63, 3.8) is 0 Å². The quantitative estimate of drug-likeness (QED) is 0.0891. The highest BCUT2D eigenvalue weighted by molar-refractivity contribution is 7.17. The molecule has 6 N–H and O–H groups in total. The molecule has 3 heterocycles. The van der Waals surface area contributed by atoms with Crippen LogP contribution in [0.2, 0.25) is 0 Å². The number of hydrogen-bond acceptors (Lipinski definition) is 11. The van der Waals surface area contributed by atoms with Crippen molar-refractivity contribution in [2.45, 2.75) is 47.2 Å². The van der Waals surface area contributed by atoms with Gasteiger partial charge in [0.25, 0.3) is 11.8 Å². The van der Waals surface area contributed by atoms with E-state index in [4.69, 9.17) is 5.10 Å². The largest absolute Gasteiger partial charge is 0.508 e. The zero-order valence-corrected chi connectivity index (χ0v) is 28.1. The SMILES string of the molecule is Cc1ccc(O)c(C)c1NC(=O)c1cnc(NCc2ccn(CC3CC3CNc3ncc(C(=O)Nc4c(C)ccc(O)c4C)s3)n2)s1. The van der Waals surface area contributed by atoms with Crippen molar-refractivity contribution < 1.29 is 19.8 Å². The Hall–Kier alpha value is -4.95. The molecule has 1 aliphatic carbocycles. The Labute approximate surface area is 279 Å². The number of anilines is 4. The molecule has 1 saturated carbocycles. The summed E-state index contributed by atoms with van der Waals surface area (Å²) >= 11 is 2.56.